The lowest BCUT2D eigenvalue weighted by Gasteiger charge is -2.42. The van der Waals surface area contributed by atoms with Crippen molar-refractivity contribution >= 4 is 34.1 Å². The van der Waals surface area contributed by atoms with Crippen LogP contribution >= 0.6 is 11.6 Å². The van der Waals surface area contributed by atoms with Crippen molar-refractivity contribution in [3.05, 3.63) is 101 Å². The highest BCUT2D eigenvalue weighted by Crippen LogP contribution is 2.38. The van der Waals surface area contributed by atoms with Crippen molar-refractivity contribution in [2.45, 2.75) is 26.8 Å². The van der Waals surface area contributed by atoms with Gasteiger partial charge in [0, 0.05) is 53.8 Å². The monoisotopic (exact) mass is 507 g/mol. The van der Waals surface area contributed by atoms with Gasteiger partial charge in [-0.15, -0.1) is 0 Å². The van der Waals surface area contributed by atoms with Crippen LogP contribution in [0.2, 0.25) is 5.02 Å². The first kappa shape index (κ1) is 23.6. The van der Waals surface area contributed by atoms with Crippen molar-refractivity contribution in [3.8, 4) is 16.8 Å². The van der Waals surface area contributed by atoms with Crippen molar-refractivity contribution in [2.75, 3.05) is 29.4 Å². The molecule has 0 amide bonds. The summed E-state index contributed by atoms with van der Waals surface area (Å²) in [7, 11) is 0. The molecule has 0 bridgehead atoms. The Hall–Kier alpha value is -3.83. The number of rotatable bonds is 4. The molecule has 3 heterocycles. The quantitative estimate of drug-likeness (QED) is 0.260. The molecule has 1 unspecified atom stereocenters. The molecule has 1 fully saturated rings. The molecule has 2 aromatic heterocycles. The van der Waals surface area contributed by atoms with Gasteiger partial charge >= 0.3 is 0 Å². The lowest BCUT2D eigenvalue weighted by Crippen LogP contribution is -2.52. The van der Waals surface area contributed by atoms with Gasteiger partial charge in [0.05, 0.1) is 5.39 Å². The highest BCUT2D eigenvalue weighted by molar-refractivity contribution is 6.31. The van der Waals surface area contributed by atoms with Crippen LogP contribution in [-0.2, 0) is 0 Å². The molecule has 0 N–H and O–H groups in total. The second kappa shape index (κ2) is 9.56. The minimum atomic E-state index is 0.346. The zero-order valence-electron chi connectivity index (χ0n) is 21.4. The van der Waals surface area contributed by atoms with Crippen molar-refractivity contribution in [3.63, 3.8) is 0 Å². The third kappa shape index (κ3) is 4.34. The molecule has 37 heavy (non-hydrogen) atoms. The van der Waals surface area contributed by atoms with Crippen LogP contribution in [0.25, 0.3) is 27.8 Å². The first-order chi connectivity index (χ1) is 18.0. The Balaban J connectivity index is 1.45. The van der Waals surface area contributed by atoms with Gasteiger partial charge in [-0.05, 0) is 61.7 Å². The molecule has 0 saturated carbocycles. The van der Waals surface area contributed by atoms with Gasteiger partial charge in [-0.2, -0.15) is 0 Å². The molecular weight excluding hydrogens is 478 g/mol. The average Bonchev–Trinajstić information content (AvgIpc) is 3.31. The number of nitrogens with zero attached hydrogens (tertiary/aromatic N) is 5. The number of aryl methyl sites for hydroxylation is 2. The van der Waals surface area contributed by atoms with Gasteiger partial charge in [0.15, 0.2) is 5.65 Å². The van der Waals surface area contributed by atoms with Gasteiger partial charge in [-0.1, -0.05) is 60.1 Å². The molecule has 0 radical (unpaired) electrons. The zero-order valence-corrected chi connectivity index (χ0v) is 22.2. The summed E-state index contributed by atoms with van der Waals surface area (Å²) in [5, 5.41) is 1.82. The van der Waals surface area contributed by atoms with Gasteiger partial charge < -0.3 is 14.4 Å². The summed E-state index contributed by atoms with van der Waals surface area (Å²) in [6, 6.07) is 25.8. The highest BCUT2D eigenvalue weighted by Gasteiger charge is 2.28. The lowest BCUT2D eigenvalue weighted by molar-refractivity contribution is 0.548. The lowest BCUT2D eigenvalue weighted by atomic mass is 10.1. The fourth-order valence-electron chi connectivity index (χ4n) is 5.39. The number of piperazine rings is 1. The summed E-state index contributed by atoms with van der Waals surface area (Å²) in [6.45, 7) is 9.18. The van der Waals surface area contributed by atoms with Crippen LogP contribution in [-0.4, -0.2) is 40.2 Å². The van der Waals surface area contributed by atoms with Crippen LogP contribution in [0.1, 0.15) is 18.1 Å². The first-order valence-corrected chi connectivity index (χ1v) is 13.1. The van der Waals surface area contributed by atoms with Crippen LogP contribution in [0.3, 0.4) is 0 Å². The standard InChI is InChI=1S/C31H30ClN5/c1-21-8-7-11-25(16-21)36-15-14-35(18-23(36)3)30-29-27(24-9-5-4-6-10-24)19-37(31(29)34-20-33-30)26-13-12-22(2)28(32)17-26/h4-13,16-17,19-20,23H,14-15,18H2,1-3H3. The predicted octanol–water partition coefficient (Wildman–Crippen LogP) is 7.07. The molecule has 0 spiro atoms. The maximum atomic E-state index is 6.52. The minimum Gasteiger partial charge on any atom is -0.365 e. The van der Waals surface area contributed by atoms with E-state index in [0.717, 1.165) is 63.9 Å². The number of hydrogen-bond donors (Lipinski definition) is 0. The molecule has 1 atom stereocenters. The molecule has 3 aromatic carbocycles. The van der Waals surface area contributed by atoms with E-state index in [9.17, 15) is 0 Å². The fourth-order valence-corrected chi connectivity index (χ4v) is 5.57. The van der Waals surface area contributed by atoms with E-state index in [1.54, 1.807) is 6.33 Å². The van der Waals surface area contributed by atoms with E-state index in [2.05, 4.69) is 95.1 Å². The van der Waals surface area contributed by atoms with Crippen molar-refractivity contribution < 1.29 is 0 Å². The van der Waals surface area contributed by atoms with Crippen LogP contribution in [0.5, 0.6) is 0 Å². The van der Waals surface area contributed by atoms with E-state index in [0.29, 0.717) is 6.04 Å². The van der Waals surface area contributed by atoms with E-state index in [4.69, 9.17) is 21.6 Å². The topological polar surface area (TPSA) is 37.2 Å². The van der Waals surface area contributed by atoms with Crippen LogP contribution < -0.4 is 9.80 Å². The number of halogens is 1. The molecule has 1 aliphatic heterocycles. The highest BCUT2D eigenvalue weighted by atomic mass is 35.5. The van der Waals surface area contributed by atoms with Crippen LogP contribution in [0.15, 0.2) is 85.3 Å². The molecule has 186 valence electrons. The minimum absolute atomic E-state index is 0.346. The molecule has 5 aromatic rings. The summed E-state index contributed by atoms with van der Waals surface area (Å²) < 4.78 is 2.14. The molecule has 5 nitrogen and oxygen atoms in total. The Morgan fingerprint density at radius 2 is 1.70 bits per heavy atom. The number of fused-ring (bicyclic) bond motifs is 1. The zero-order chi connectivity index (χ0) is 25.5. The molecule has 0 aliphatic carbocycles. The van der Waals surface area contributed by atoms with E-state index >= 15 is 0 Å². The van der Waals surface area contributed by atoms with E-state index in [1.165, 1.54) is 11.3 Å². The Kier molecular flexibility index (Phi) is 6.09. The van der Waals surface area contributed by atoms with E-state index < -0.39 is 0 Å². The maximum absolute atomic E-state index is 6.52. The normalized spacial score (nSPS) is 15.9. The molecule has 1 aliphatic rings. The second-order valence-corrected chi connectivity index (χ2v) is 10.3. The van der Waals surface area contributed by atoms with Gasteiger partial charge in [0.1, 0.15) is 12.1 Å². The smallest absolute Gasteiger partial charge is 0.150 e. The molecule has 1 saturated heterocycles. The first-order valence-electron chi connectivity index (χ1n) is 12.8. The maximum Gasteiger partial charge on any atom is 0.150 e. The third-order valence-corrected chi connectivity index (χ3v) is 7.75. The molecule has 6 heteroatoms. The third-order valence-electron chi connectivity index (χ3n) is 7.34. The number of hydrogen-bond acceptors (Lipinski definition) is 4. The Labute approximate surface area is 223 Å². The summed E-state index contributed by atoms with van der Waals surface area (Å²) in [5.74, 6) is 0.983. The Morgan fingerprint density at radius 3 is 2.46 bits per heavy atom. The summed E-state index contributed by atoms with van der Waals surface area (Å²) in [5.41, 5.74) is 7.77. The van der Waals surface area contributed by atoms with Gasteiger partial charge in [0.25, 0.3) is 0 Å². The summed E-state index contributed by atoms with van der Waals surface area (Å²) in [4.78, 5) is 14.5. The summed E-state index contributed by atoms with van der Waals surface area (Å²) >= 11 is 6.52. The van der Waals surface area contributed by atoms with E-state index in [1.807, 2.05) is 19.1 Å². The number of anilines is 2. The molecule has 6 rings (SSSR count). The van der Waals surface area contributed by atoms with Crippen LogP contribution in [0, 0.1) is 13.8 Å². The fraction of sp³-hybridized carbons (Fsp3) is 0.226. The number of aromatic nitrogens is 3. The van der Waals surface area contributed by atoms with Crippen molar-refractivity contribution in [2.24, 2.45) is 0 Å². The number of benzene rings is 3. The van der Waals surface area contributed by atoms with Crippen molar-refractivity contribution in [1.29, 1.82) is 0 Å². The Morgan fingerprint density at radius 1 is 0.865 bits per heavy atom. The van der Waals surface area contributed by atoms with Gasteiger partial charge in [0.2, 0.25) is 0 Å². The predicted molar refractivity (Wildman–Crippen MR) is 154 cm³/mol. The van der Waals surface area contributed by atoms with Crippen LogP contribution in [0.4, 0.5) is 11.5 Å². The van der Waals surface area contributed by atoms with E-state index in [-0.39, 0.29) is 0 Å². The SMILES string of the molecule is Cc1cccc(N2CCN(c3ncnc4c3c(-c3ccccc3)cn4-c3ccc(C)c(Cl)c3)CC2C)c1. The largest absolute Gasteiger partial charge is 0.365 e. The van der Waals surface area contributed by atoms with Gasteiger partial charge in [-0.3, -0.25) is 0 Å². The Bertz CT molecular complexity index is 1580. The molecular formula is C31H30ClN5. The average molecular weight is 508 g/mol. The van der Waals surface area contributed by atoms with Crippen molar-refractivity contribution in [1.82, 2.24) is 14.5 Å². The summed E-state index contributed by atoms with van der Waals surface area (Å²) in [6.07, 6.45) is 3.86. The second-order valence-electron chi connectivity index (χ2n) is 9.94. The van der Waals surface area contributed by atoms with Gasteiger partial charge in [-0.25, -0.2) is 9.97 Å².